The lowest BCUT2D eigenvalue weighted by atomic mass is 10.1. The lowest BCUT2D eigenvalue weighted by molar-refractivity contribution is -0.274. The molecule has 7 heteroatoms. The van der Waals surface area contributed by atoms with Gasteiger partial charge in [0, 0.05) is 11.5 Å². The Balaban J connectivity index is 2.26. The summed E-state index contributed by atoms with van der Waals surface area (Å²) in [5.41, 5.74) is 0.932. The highest BCUT2D eigenvalue weighted by molar-refractivity contribution is 5.55. The number of rotatable bonds is 4. The Morgan fingerprint density at radius 3 is 2.29 bits per heavy atom. The van der Waals surface area contributed by atoms with Crippen molar-refractivity contribution in [1.82, 2.24) is 4.98 Å². The van der Waals surface area contributed by atoms with Gasteiger partial charge in [-0.15, -0.1) is 13.2 Å². The second-order valence-electron chi connectivity index (χ2n) is 4.71. The van der Waals surface area contributed by atoms with Crippen molar-refractivity contribution in [2.24, 2.45) is 0 Å². The van der Waals surface area contributed by atoms with Crippen molar-refractivity contribution >= 4 is 0 Å². The molecule has 4 nitrogen and oxygen atoms in total. The normalized spacial score (nSPS) is 12.0. The molecule has 2 rings (SSSR count). The fourth-order valence-corrected chi connectivity index (χ4v) is 1.85. The van der Waals surface area contributed by atoms with Crippen LogP contribution in [0.1, 0.15) is 31.2 Å². The predicted molar refractivity (Wildman–Crippen MR) is 68.6 cm³/mol. The molecule has 0 saturated carbocycles. The Hall–Kier alpha value is -2.02. The number of nitrogens with zero attached hydrogens (tertiary/aromatic N) is 1. The summed E-state index contributed by atoms with van der Waals surface area (Å²) in [5.74, 6) is 0.537. The standard InChI is InChI=1S/C14H14F3NO3/c1-8(2)12-11(7-19)18-13(20-12)9-3-5-10(6-4-9)21-14(15,16)17/h3-6,8,19H,7H2,1-2H3. The monoisotopic (exact) mass is 301 g/mol. The van der Waals surface area contributed by atoms with E-state index >= 15 is 0 Å². The van der Waals surface area contributed by atoms with E-state index in [1.54, 1.807) is 0 Å². The van der Waals surface area contributed by atoms with E-state index in [0.717, 1.165) is 0 Å². The van der Waals surface area contributed by atoms with Gasteiger partial charge in [-0.05, 0) is 24.3 Å². The van der Waals surface area contributed by atoms with E-state index in [0.29, 0.717) is 17.0 Å². The van der Waals surface area contributed by atoms with Crippen LogP contribution in [0.25, 0.3) is 11.5 Å². The van der Waals surface area contributed by atoms with Gasteiger partial charge in [-0.2, -0.15) is 0 Å². The lowest BCUT2D eigenvalue weighted by Gasteiger charge is -2.08. The highest BCUT2D eigenvalue weighted by Crippen LogP contribution is 2.29. The third-order valence-corrected chi connectivity index (χ3v) is 2.74. The molecule has 0 radical (unpaired) electrons. The molecule has 0 aliphatic carbocycles. The van der Waals surface area contributed by atoms with Crippen molar-refractivity contribution in [3.8, 4) is 17.2 Å². The fourth-order valence-electron chi connectivity index (χ4n) is 1.85. The van der Waals surface area contributed by atoms with Crippen LogP contribution in [0.3, 0.4) is 0 Å². The molecule has 0 amide bonds. The van der Waals surface area contributed by atoms with Crippen LogP contribution in [0.15, 0.2) is 28.7 Å². The molecule has 0 spiro atoms. The number of oxazole rings is 1. The average molecular weight is 301 g/mol. The molecule has 1 aromatic carbocycles. The number of aromatic nitrogens is 1. The number of hydrogen-bond donors (Lipinski definition) is 1. The summed E-state index contributed by atoms with van der Waals surface area (Å²) < 4.78 is 45.6. The SMILES string of the molecule is CC(C)c1oc(-c2ccc(OC(F)(F)F)cc2)nc1CO. The Morgan fingerprint density at radius 2 is 1.86 bits per heavy atom. The van der Waals surface area contributed by atoms with E-state index in [-0.39, 0.29) is 24.2 Å². The van der Waals surface area contributed by atoms with E-state index in [1.807, 2.05) is 13.8 Å². The predicted octanol–water partition coefficient (Wildman–Crippen LogP) is 3.86. The summed E-state index contributed by atoms with van der Waals surface area (Å²) in [4.78, 5) is 4.14. The third kappa shape index (κ3) is 3.75. The Morgan fingerprint density at radius 1 is 1.24 bits per heavy atom. The van der Waals surface area contributed by atoms with Gasteiger partial charge in [-0.25, -0.2) is 4.98 Å². The van der Waals surface area contributed by atoms with Crippen molar-refractivity contribution in [2.45, 2.75) is 32.7 Å². The smallest absolute Gasteiger partial charge is 0.441 e. The highest BCUT2D eigenvalue weighted by Gasteiger charge is 2.31. The van der Waals surface area contributed by atoms with Crippen LogP contribution < -0.4 is 4.74 Å². The molecule has 0 atom stereocenters. The van der Waals surface area contributed by atoms with Crippen molar-refractivity contribution in [2.75, 3.05) is 0 Å². The van der Waals surface area contributed by atoms with Gasteiger partial charge in [0.1, 0.15) is 17.2 Å². The molecule has 0 aliphatic heterocycles. The maximum absolute atomic E-state index is 12.1. The van der Waals surface area contributed by atoms with Crippen molar-refractivity contribution in [1.29, 1.82) is 0 Å². The number of aliphatic hydroxyl groups is 1. The van der Waals surface area contributed by atoms with Crippen LogP contribution in [0.5, 0.6) is 5.75 Å². The van der Waals surface area contributed by atoms with Crippen LogP contribution >= 0.6 is 0 Å². The second kappa shape index (κ2) is 5.77. The minimum absolute atomic E-state index is 0.0428. The van der Waals surface area contributed by atoms with Crippen LogP contribution in [0, 0.1) is 0 Å². The Kier molecular flexibility index (Phi) is 4.22. The zero-order valence-corrected chi connectivity index (χ0v) is 11.4. The molecule has 0 fully saturated rings. The topological polar surface area (TPSA) is 55.5 Å². The number of ether oxygens (including phenoxy) is 1. The zero-order valence-electron chi connectivity index (χ0n) is 11.4. The number of halogens is 3. The molecule has 1 aromatic heterocycles. The molecule has 0 bridgehead atoms. The van der Waals surface area contributed by atoms with Crippen LogP contribution in [0.4, 0.5) is 13.2 Å². The molecular formula is C14H14F3NO3. The summed E-state index contributed by atoms with van der Waals surface area (Å²) in [6.45, 7) is 3.53. The summed E-state index contributed by atoms with van der Waals surface area (Å²) >= 11 is 0. The molecule has 1 heterocycles. The van der Waals surface area contributed by atoms with E-state index in [2.05, 4.69) is 9.72 Å². The molecular weight excluding hydrogens is 287 g/mol. The molecule has 0 aliphatic rings. The van der Waals surface area contributed by atoms with Crippen molar-refractivity contribution in [3.63, 3.8) is 0 Å². The van der Waals surface area contributed by atoms with E-state index < -0.39 is 6.36 Å². The molecule has 21 heavy (non-hydrogen) atoms. The summed E-state index contributed by atoms with van der Waals surface area (Å²) in [7, 11) is 0. The van der Waals surface area contributed by atoms with Gasteiger partial charge in [0.15, 0.2) is 0 Å². The van der Waals surface area contributed by atoms with Gasteiger partial charge in [-0.1, -0.05) is 13.8 Å². The second-order valence-corrected chi connectivity index (χ2v) is 4.71. The lowest BCUT2D eigenvalue weighted by Crippen LogP contribution is -2.16. The Labute approximate surface area is 119 Å². The number of aliphatic hydroxyl groups excluding tert-OH is 1. The first-order chi connectivity index (χ1) is 9.80. The highest BCUT2D eigenvalue weighted by atomic mass is 19.4. The minimum atomic E-state index is -4.72. The van der Waals surface area contributed by atoms with Gasteiger partial charge >= 0.3 is 6.36 Å². The largest absolute Gasteiger partial charge is 0.573 e. The van der Waals surface area contributed by atoms with Gasteiger partial charge in [0.2, 0.25) is 5.89 Å². The molecule has 0 unspecified atom stereocenters. The molecule has 2 aromatic rings. The van der Waals surface area contributed by atoms with Crippen LogP contribution in [-0.4, -0.2) is 16.5 Å². The first-order valence-electron chi connectivity index (χ1n) is 6.27. The van der Waals surface area contributed by atoms with E-state index in [1.165, 1.54) is 24.3 Å². The molecule has 1 N–H and O–H groups in total. The van der Waals surface area contributed by atoms with Gasteiger partial charge in [0.05, 0.1) is 6.61 Å². The average Bonchev–Trinajstić information content (AvgIpc) is 2.82. The van der Waals surface area contributed by atoms with Gasteiger partial charge < -0.3 is 14.3 Å². The minimum Gasteiger partial charge on any atom is -0.441 e. The van der Waals surface area contributed by atoms with E-state index in [9.17, 15) is 18.3 Å². The maximum Gasteiger partial charge on any atom is 0.573 e. The fraction of sp³-hybridized carbons (Fsp3) is 0.357. The van der Waals surface area contributed by atoms with Crippen LogP contribution in [0.2, 0.25) is 0 Å². The maximum atomic E-state index is 12.1. The first-order valence-corrected chi connectivity index (χ1v) is 6.27. The summed E-state index contributed by atoms with van der Waals surface area (Å²) in [6.07, 6.45) is -4.72. The van der Waals surface area contributed by atoms with Crippen LogP contribution in [-0.2, 0) is 6.61 Å². The quantitative estimate of drug-likeness (QED) is 0.931. The van der Waals surface area contributed by atoms with E-state index in [4.69, 9.17) is 4.42 Å². The number of alkyl halides is 3. The summed E-state index contributed by atoms with van der Waals surface area (Å²) in [6, 6.07) is 5.19. The van der Waals surface area contributed by atoms with Crippen molar-refractivity contribution in [3.05, 3.63) is 35.7 Å². The molecule has 0 saturated heterocycles. The molecule has 114 valence electrons. The number of hydrogen-bond acceptors (Lipinski definition) is 4. The Bertz CT molecular complexity index is 603. The zero-order chi connectivity index (χ0) is 15.6. The van der Waals surface area contributed by atoms with Gasteiger partial charge in [0.25, 0.3) is 0 Å². The van der Waals surface area contributed by atoms with Crippen molar-refractivity contribution < 1.29 is 27.4 Å². The summed E-state index contributed by atoms with van der Waals surface area (Å²) in [5, 5.41) is 9.23. The van der Waals surface area contributed by atoms with Gasteiger partial charge in [-0.3, -0.25) is 0 Å². The third-order valence-electron chi connectivity index (χ3n) is 2.74. The first kappa shape index (κ1) is 15.4. The number of benzene rings is 1.